The van der Waals surface area contributed by atoms with Crippen LogP contribution in [0.2, 0.25) is 5.02 Å². The fraction of sp³-hybridized carbons (Fsp3) is 0.565. The second-order valence-electron chi connectivity index (χ2n) is 8.37. The number of aldehydes is 1. The molecular weight excluding hydrogens is 450 g/mol. The summed E-state index contributed by atoms with van der Waals surface area (Å²) in [6, 6.07) is 5.02. The van der Waals surface area contributed by atoms with Gasteiger partial charge in [0.15, 0.2) is 0 Å². The van der Waals surface area contributed by atoms with Crippen molar-refractivity contribution in [3.05, 3.63) is 34.9 Å². The van der Waals surface area contributed by atoms with Crippen LogP contribution in [0.15, 0.2) is 24.3 Å². The second-order valence-corrected chi connectivity index (χ2v) is 8.80. The minimum absolute atomic E-state index is 0.00160. The number of rotatable bonds is 10. The molecule has 182 valence electrons. The molecule has 2 rings (SSSR count). The van der Waals surface area contributed by atoms with E-state index in [0.29, 0.717) is 17.7 Å². The number of alkyl carbamates (subject to hydrolysis) is 1. The predicted molar refractivity (Wildman–Crippen MR) is 123 cm³/mol. The summed E-state index contributed by atoms with van der Waals surface area (Å²) in [6.07, 6.45) is 4.82. The maximum absolute atomic E-state index is 12.9. The monoisotopic (exact) mass is 481 g/mol. The van der Waals surface area contributed by atoms with Crippen LogP contribution in [0, 0.1) is 5.92 Å². The van der Waals surface area contributed by atoms with Gasteiger partial charge in [0.1, 0.15) is 31.6 Å². The first kappa shape index (κ1) is 26.4. The van der Waals surface area contributed by atoms with E-state index in [4.69, 9.17) is 21.1 Å². The molecule has 3 amide bonds. The van der Waals surface area contributed by atoms with E-state index in [1.54, 1.807) is 24.3 Å². The van der Waals surface area contributed by atoms with Gasteiger partial charge in [-0.15, -0.1) is 0 Å². The molecule has 1 saturated carbocycles. The van der Waals surface area contributed by atoms with Gasteiger partial charge in [0.05, 0.1) is 0 Å². The number of halogens is 1. The Morgan fingerprint density at radius 1 is 1.15 bits per heavy atom. The molecule has 1 unspecified atom stereocenters. The third-order valence-corrected chi connectivity index (χ3v) is 5.64. The molecule has 10 heteroatoms. The van der Waals surface area contributed by atoms with Gasteiger partial charge in [-0.1, -0.05) is 55.8 Å². The second kappa shape index (κ2) is 13.7. The number of nitrogens with one attached hydrogen (secondary N) is 2. The van der Waals surface area contributed by atoms with Crippen LogP contribution in [-0.2, 0) is 25.7 Å². The van der Waals surface area contributed by atoms with Crippen molar-refractivity contribution < 1.29 is 28.7 Å². The Morgan fingerprint density at radius 2 is 1.88 bits per heavy atom. The van der Waals surface area contributed by atoms with Crippen molar-refractivity contribution in [1.29, 1.82) is 0 Å². The molecule has 1 aliphatic rings. The fourth-order valence-electron chi connectivity index (χ4n) is 3.64. The Bertz CT molecular complexity index is 813. The average molecular weight is 482 g/mol. The zero-order valence-electron chi connectivity index (χ0n) is 19.1. The van der Waals surface area contributed by atoms with Gasteiger partial charge in [0, 0.05) is 19.1 Å². The number of benzene rings is 1. The average Bonchev–Trinajstić information content (AvgIpc) is 2.80. The largest absolute Gasteiger partial charge is 0.447 e. The van der Waals surface area contributed by atoms with E-state index in [-0.39, 0.29) is 19.1 Å². The van der Waals surface area contributed by atoms with Gasteiger partial charge in [0.2, 0.25) is 5.91 Å². The van der Waals surface area contributed by atoms with E-state index in [9.17, 15) is 19.2 Å². The van der Waals surface area contributed by atoms with E-state index in [0.717, 1.165) is 37.7 Å². The van der Waals surface area contributed by atoms with Gasteiger partial charge in [0.25, 0.3) is 0 Å². The molecule has 0 bridgehead atoms. The van der Waals surface area contributed by atoms with Crippen molar-refractivity contribution in [1.82, 2.24) is 15.5 Å². The predicted octanol–water partition coefficient (Wildman–Crippen LogP) is 3.29. The molecule has 0 aliphatic heterocycles. The van der Waals surface area contributed by atoms with E-state index >= 15 is 0 Å². The number of amides is 3. The van der Waals surface area contributed by atoms with E-state index in [1.807, 2.05) is 0 Å². The smallest absolute Gasteiger partial charge is 0.409 e. The highest BCUT2D eigenvalue weighted by Gasteiger charge is 2.28. The van der Waals surface area contributed by atoms with Gasteiger partial charge in [-0.3, -0.25) is 4.79 Å². The van der Waals surface area contributed by atoms with Gasteiger partial charge in [-0.2, -0.15) is 0 Å². The number of nitrogens with zero attached hydrogens (tertiary/aromatic N) is 1. The highest BCUT2D eigenvalue weighted by atomic mass is 35.5. The maximum Gasteiger partial charge on any atom is 0.409 e. The SMILES string of the molecule is CN(C)C(=O)OCC(C=O)NC(=O)[C@H](CC1CCCCC1)NC(=O)OCc1cccc(Cl)c1. The minimum atomic E-state index is -1.03. The topological polar surface area (TPSA) is 114 Å². The summed E-state index contributed by atoms with van der Waals surface area (Å²) in [6.45, 7) is -0.302. The van der Waals surface area contributed by atoms with Crippen LogP contribution in [0.25, 0.3) is 0 Å². The Hall–Kier alpha value is -2.81. The molecule has 9 nitrogen and oxygen atoms in total. The summed E-state index contributed by atoms with van der Waals surface area (Å²) in [5.74, 6) is -0.248. The molecule has 2 atom stereocenters. The van der Waals surface area contributed by atoms with Gasteiger partial charge < -0.3 is 29.8 Å². The lowest BCUT2D eigenvalue weighted by Crippen LogP contribution is -2.52. The summed E-state index contributed by atoms with van der Waals surface area (Å²) >= 11 is 5.95. The summed E-state index contributed by atoms with van der Waals surface area (Å²) < 4.78 is 10.2. The van der Waals surface area contributed by atoms with Crippen molar-refractivity contribution in [2.75, 3.05) is 20.7 Å². The summed E-state index contributed by atoms with van der Waals surface area (Å²) in [5, 5.41) is 5.70. The first-order valence-electron chi connectivity index (χ1n) is 11.1. The van der Waals surface area contributed by atoms with Crippen molar-refractivity contribution in [2.24, 2.45) is 5.92 Å². The molecule has 1 aliphatic carbocycles. The van der Waals surface area contributed by atoms with Crippen LogP contribution in [0.3, 0.4) is 0 Å². The van der Waals surface area contributed by atoms with Crippen molar-refractivity contribution >= 4 is 36.0 Å². The van der Waals surface area contributed by atoms with Gasteiger partial charge in [-0.05, 0) is 30.0 Å². The van der Waals surface area contributed by atoms with Crippen LogP contribution in [0.1, 0.15) is 44.1 Å². The quantitative estimate of drug-likeness (QED) is 0.496. The molecule has 0 heterocycles. The summed E-state index contributed by atoms with van der Waals surface area (Å²) in [5.41, 5.74) is 0.717. The number of carbonyl (C=O) groups excluding carboxylic acids is 4. The molecule has 1 aromatic rings. The molecule has 1 aromatic carbocycles. The summed E-state index contributed by atoms with van der Waals surface area (Å²) in [4.78, 5) is 49.5. The lowest BCUT2D eigenvalue weighted by molar-refractivity contribution is -0.126. The zero-order chi connectivity index (χ0) is 24.2. The first-order valence-corrected chi connectivity index (χ1v) is 11.4. The van der Waals surface area contributed by atoms with Crippen molar-refractivity contribution in [2.45, 2.75) is 57.2 Å². The van der Waals surface area contributed by atoms with E-state index < -0.39 is 30.2 Å². The Morgan fingerprint density at radius 3 is 2.52 bits per heavy atom. The highest BCUT2D eigenvalue weighted by molar-refractivity contribution is 6.30. The number of hydrogen-bond acceptors (Lipinski definition) is 6. The van der Waals surface area contributed by atoms with Crippen LogP contribution >= 0.6 is 11.6 Å². The van der Waals surface area contributed by atoms with Gasteiger partial charge in [-0.25, -0.2) is 9.59 Å². The standard InChI is InChI=1S/C23H32ClN3O6/c1-27(2)23(31)33-15-19(13-28)25-21(29)20(12-16-7-4-3-5-8-16)26-22(30)32-14-17-9-6-10-18(24)11-17/h6,9-11,13,16,19-20H,3-5,7-8,12,14-15H2,1-2H3,(H,25,29)(H,26,30)/t19?,20-/m0/s1. The van der Waals surface area contributed by atoms with E-state index in [1.165, 1.54) is 19.0 Å². The van der Waals surface area contributed by atoms with Crippen LogP contribution < -0.4 is 10.6 Å². The zero-order valence-corrected chi connectivity index (χ0v) is 19.8. The molecule has 2 N–H and O–H groups in total. The Kier molecular flexibility index (Phi) is 11.0. The molecule has 0 spiro atoms. The molecular formula is C23H32ClN3O6. The first-order chi connectivity index (χ1) is 15.8. The van der Waals surface area contributed by atoms with Crippen LogP contribution in [0.5, 0.6) is 0 Å². The lowest BCUT2D eigenvalue weighted by Gasteiger charge is -2.27. The van der Waals surface area contributed by atoms with Gasteiger partial charge >= 0.3 is 12.2 Å². The third kappa shape index (κ3) is 9.69. The highest BCUT2D eigenvalue weighted by Crippen LogP contribution is 2.27. The Balaban J connectivity index is 1.97. The molecule has 33 heavy (non-hydrogen) atoms. The summed E-state index contributed by atoms with van der Waals surface area (Å²) in [7, 11) is 3.02. The molecule has 0 aromatic heterocycles. The lowest BCUT2D eigenvalue weighted by atomic mass is 9.84. The Labute approximate surface area is 199 Å². The molecule has 1 fully saturated rings. The molecule has 0 saturated heterocycles. The number of hydrogen-bond donors (Lipinski definition) is 2. The van der Waals surface area contributed by atoms with Crippen LogP contribution in [0.4, 0.5) is 9.59 Å². The normalized spacial score (nSPS) is 15.6. The molecule has 0 radical (unpaired) electrons. The van der Waals surface area contributed by atoms with E-state index in [2.05, 4.69) is 10.6 Å². The fourth-order valence-corrected chi connectivity index (χ4v) is 3.85. The van der Waals surface area contributed by atoms with Crippen molar-refractivity contribution in [3.8, 4) is 0 Å². The number of carbonyl (C=O) groups is 4. The van der Waals surface area contributed by atoms with Crippen molar-refractivity contribution in [3.63, 3.8) is 0 Å². The maximum atomic E-state index is 12.9. The number of ether oxygens (including phenoxy) is 2. The minimum Gasteiger partial charge on any atom is -0.447 e. The third-order valence-electron chi connectivity index (χ3n) is 5.40. The van der Waals surface area contributed by atoms with Crippen LogP contribution in [-0.4, -0.2) is 62.1 Å².